The van der Waals surface area contributed by atoms with E-state index in [4.69, 9.17) is 9.15 Å². The number of ether oxygens (including phenoxy) is 1. The number of anilines is 1. The van der Waals surface area contributed by atoms with Crippen LogP contribution < -0.4 is 15.1 Å². The first-order chi connectivity index (χ1) is 17.0. The number of benzene rings is 2. The van der Waals surface area contributed by atoms with Gasteiger partial charge in [0.1, 0.15) is 16.3 Å². The summed E-state index contributed by atoms with van der Waals surface area (Å²) in [5.74, 6) is 0.523. The molecule has 0 saturated heterocycles. The van der Waals surface area contributed by atoms with Crippen LogP contribution in [0.1, 0.15) is 78.7 Å². The van der Waals surface area contributed by atoms with Crippen LogP contribution in [0.25, 0.3) is 11.0 Å². The molecular formula is C27H27N3O4S. The molecule has 0 saturated carbocycles. The van der Waals surface area contributed by atoms with Gasteiger partial charge in [-0.05, 0) is 36.2 Å². The largest absolute Gasteiger partial charge is 0.494 e. The standard InChI is InChI=1S/C27H27N3O4S/c1-4-5-8-14-33-18-11-9-10-17(15-18)22-21-23(31)19-12-6-7-13-20(19)34-24(21)26(32)30(22)27-29-28-25(35-27)16(2)3/h6-7,9-13,15-16,22H,4-5,8,14H2,1-3H3. The molecule has 0 radical (unpaired) electrons. The van der Waals surface area contributed by atoms with E-state index in [1.165, 1.54) is 16.2 Å². The lowest BCUT2D eigenvalue weighted by Crippen LogP contribution is -2.29. The number of fused-ring (bicyclic) bond motifs is 2. The Hall–Kier alpha value is -3.52. The van der Waals surface area contributed by atoms with Crippen molar-refractivity contribution in [2.75, 3.05) is 11.5 Å². The van der Waals surface area contributed by atoms with Crippen molar-refractivity contribution in [3.05, 3.63) is 80.6 Å². The molecule has 35 heavy (non-hydrogen) atoms. The van der Waals surface area contributed by atoms with Crippen LogP contribution in [0.2, 0.25) is 0 Å². The van der Waals surface area contributed by atoms with Gasteiger partial charge in [-0.15, -0.1) is 10.2 Å². The maximum Gasteiger partial charge on any atom is 0.297 e. The van der Waals surface area contributed by atoms with Crippen molar-refractivity contribution in [3.8, 4) is 5.75 Å². The summed E-state index contributed by atoms with van der Waals surface area (Å²) in [6.45, 7) is 6.82. The highest BCUT2D eigenvalue weighted by molar-refractivity contribution is 7.15. The van der Waals surface area contributed by atoms with E-state index in [9.17, 15) is 9.59 Å². The number of hydrogen-bond acceptors (Lipinski definition) is 7. The first-order valence-electron chi connectivity index (χ1n) is 11.9. The molecule has 4 aromatic rings. The van der Waals surface area contributed by atoms with E-state index in [0.29, 0.717) is 34.0 Å². The average molecular weight is 490 g/mol. The minimum absolute atomic E-state index is 0.0502. The van der Waals surface area contributed by atoms with E-state index in [0.717, 1.165) is 29.8 Å². The number of para-hydroxylation sites is 1. The maximum atomic E-state index is 13.7. The number of amides is 1. The molecule has 1 atom stereocenters. The number of carbonyl (C=O) groups is 1. The fourth-order valence-corrected chi connectivity index (χ4v) is 5.18. The smallest absolute Gasteiger partial charge is 0.297 e. The summed E-state index contributed by atoms with van der Waals surface area (Å²) >= 11 is 1.35. The summed E-state index contributed by atoms with van der Waals surface area (Å²) in [7, 11) is 0. The molecule has 8 heteroatoms. The van der Waals surface area contributed by atoms with E-state index in [1.54, 1.807) is 24.3 Å². The Morgan fingerprint density at radius 1 is 1.09 bits per heavy atom. The Morgan fingerprint density at radius 3 is 2.69 bits per heavy atom. The molecule has 2 aromatic carbocycles. The zero-order valence-corrected chi connectivity index (χ0v) is 20.8. The molecule has 0 aliphatic carbocycles. The Kier molecular flexibility index (Phi) is 6.38. The molecule has 180 valence electrons. The summed E-state index contributed by atoms with van der Waals surface area (Å²) in [6, 6.07) is 13.9. The van der Waals surface area contributed by atoms with Gasteiger partial charge in [0.2, 0.25) is 10.9 Å². The predicted molar refractivity (Wildman–Crippen MR) is 137 cm³/mol. The van der Waals surface area contributed by atoms with Crippen molar-refractivity contribution >= 4 is 33.3 Å². The molecule has 1 amide bonds. The Balaban J connectivity index is 1.65. The molecule has 0 bridgehead atoms. The van der Waals surface area contributed by atoms with Gasteiger partial charge in [0.05, 0.1) is 23.6 Å². The number of rotatable bonds is 8. The zero-order valence-electron chi connectivity index (χ0n) is 20.0. The highest BCUT2D eigenvalue weighted by Gasteiger charge is 2.45. The summed E-state index contributed by atoms with van der Waals surface area (Å²) in [5.41, 5.74) is 1.25. The van der Waals surface area contributed by atoms with Crippen LogP contribution in [0.4, 0.5) is 5.13 Å². The minimum atomic E-state index is -0.689. The van der Waals surface area contributed by atoms with Gasteiger partial charge in [0.15, 0.2) is 5.43 Å². The average Bonchev–Trinajstić information content (AvgIpc) is 3.46. The predicted octanol–water partition coefficient (Wildman–Crippen LogP) is 6.09. The van der Waals surface area contributed by atoms with Crippen LogP contribution in [-0.4, -0.2) is 22.7 Å². The van der Waals surface area contributed by atoms with Gasteiger partial charge in [-0.3, -0.25) is 14.5 Å². The van der Waals surface area contributed by atoms with Gasteiger partial charge in [-0.2, -0.15) is 0 Å². The molecular weight excluding hydrogens is 462 g/mol. The third-order valence-electron chi connectivity index (χ3n) is 6.10. The fraction of sp³-hybridized carbons (Fsp3) is 0.333. The second kappa shape index (κ2) is 9.62. The van der Waals surface area contributed by atoms with Crippen molar-refractivity contribution in [1.29, 1.82) is 0 Å². The number of aromatic nitrogens is 2. The summed E-state index contributed by atoms with van der Waals surface area (Å²) in [6.07, 6.45) is 3.18. The summed E-state index contributed by atoms with van der Waals surface area (Å²) in [4.78, 5) is 28.9. The second-order valence-corrected chi connectivity index (χ2v) is 9.94. The molecule has 0 spiro atoms. The summed E-state index contributed by atoms with van der Waals surface area (Å²) < 4.78 is 12.0. The molecule has 1 unspecified atom stereocenters. The number of nitrogens with zero attached hydrogens (tertiary/aromatic N) is 3. The van der Waals surface area contributed by atoms with Gasteiger partial charge in [-0.25, -0.2) is 0 Å². The van der Waals surface area contributed by atoms with Crippen LogP contribution in [-0.2, 0) is 0 Å². The van der Waals surface area contributed by atoms with Crippen molar-refractivity contribution < 1.29 is 13.9 Å². The molecule has 0 N–H and O–H groups in total. The molecule has 2 aromatic heterocycles. The van der Waals surface area contributed by atoms with E-state index >= 15 is 0 Å². The first-order valence-corrected chi connectivity index (χ1v) is 12.8. The monoisotopic (exact) mass is 489 g/mol. The second-order valence-electron chi connectivity index (χ2n) is 8.95. The highest BCUT2D eigenvalue weighted by atomic mass is 32.1. The van der Waals surface area contributed by atoms with E-state index in [1.807, 2.05) is 38.1 Å². The number of carbonyl (C=O) groups excluding carboxylic acids is 1. The van der Waals surface area contributed by atoms with Crippen molar-refractivity contribution in [2.24, 2.45) is 0 Å². The van der Waals surface area contributed by atoms with Crippen molar-refractivity contribution in [2.45, 2.75) is 52.0 Å². The van der Waals surface area contributed by atoms with Crippen LogP contribution in [0, 0.1) is 0 Å². The quantitative estimate of drug-likeness (QED) is 0.279. The molecule has 1 aliphatic rings. The SMILES string of the molecule is CCCCCOc1cccc(C2c3c(oc4ccccc4c3=O)C(=O)N2c2nnc(C(C)C)s2)c1. The van der Waals surface area contributed by atoms with E-state index in [-0.39, 0.29) is 17.1 Å². The zero-order chi connectivity index (χ0) is 24.5. The lowest BCUT2D eigenvalue weighted by molar-refractivity contribution is 0.0970. The van der Waals surface area contributed by atoms with Gasteiger partial charge >= 0.3 is 0 Å². The maximum absolute atomic E-state index is 13.7. The van der Waals surface area contributed by atoms with Gasteiger partial charge in [0, 0.05) is 5.92 Å². The van der Waals surface area contributed by atoms with Crippen molar-refractivity contribution in [3.63, 3.8) is 0 Å². The Morgan fingerprint density at radius 2 is 1.91 bits per heavy atom. The molecule has 3 heterocycles. The number of unbranched alkanes of at least 4 members (excludes halogenated alkanes) is 2. The Bertz CT molecular complexity index is 1440. The topological polar surface area (TPSA) is 85.5 Å². The van der Waals surface area contributed by atoms with Gasteiger partial charge < -0.3 is 9.15 Å². The Labute approximate surface area is 207 Å². The fourth-order valence-electron chi connectivity index (χ4n) is 4.31. The van der Waals surface area contributed by atoms with Gasteiger partial charge in [0.25, 0.3) is 5.91 Å². The third-order valence-corrected chi connectivity index (χ3v) is 7.32. The normalized spacial score (nSPS) is 15.3. The third kappa shape index (κ3) is 4.23. The van der Waals surface area contributed by atoms with Crippen LogP contribution in [0.5, 0.6) is 5.75 Å². The van der Waals surface area contributed by atoms with Gasteiger partial charge in [-0.1, -0.05) is 69.2 Å². The molecule has 5 rings (SSSR count). The lowest BCUT2D eigenvalue weighted by atomic mass is 9.98. The molecule has 0 fully saturated rings. The molecule has 7 nitrogen and oxygen atoms in total. The minimum Gasteiger partial charge on any atom is -0.494 e. The summed E-state index contributed by atoms with van der Waals surface area (Å²) in [5, 5.41) is 10.3. The van der Waals surface area contributed by atoms with Crippen molar-refractivity contribution in [1.82, 2.24) is 10.2 Å². The van der Waals surface area contributed by atoms with E-state index < -0.39 is 11.9 Å². The number of hydrogen-bond donors (Lipinski definition) is 0. The van der Waals surface area contributed by atoms with E-state index in [2.05, 4.69) is 17.1 Å². The first kappa shape index (κ1) is 23.2. The highest BCUT2D eigenvalue weighted by Crippen LogP contribution is 2.43. The van der Waals surface area contributed by atoms with Crippen LogP contribution in [0.3, 0.4) is 0 Å². The van der Waals surface area contributed by atoms with Crippen LogP contribution in [0.15, 0.2) is 57.7 Å². The molecule has 1 aliphatic heterocycles. The lowest BCUT2D eigenvalue weighted by Gasteiger charge is -2.22. The van der Waals surface area contributed by atoms with Crippen LogP contribution >= 0.6 is 11.3 Å².